The molecule has 0 saturated carbocycles. The van der Waals surface area contributed by atoms with Crippen molar-refractivity contribution in [3.63, 3.8) is 0 Å². The number of aryl methyl sites for hydroxylation is 1. The number of aromatic amines is 1. The van der Waals surface area contributed by atoms with Crippen molar-refractivity contribution in [2.24, 2.45) is 0 Å². The van der Waals surface area contributed by atoms with Crippen LogP contribution in [0.25, 0.3) is 21.0 Å². The predicted molar refractivity (Wildman–Crippen MR) is 140 cm³/mol. The number of unbranched alkanes of at least 4 members (excludes halogenated alkanes) is 1. The van der Waals surface area contributed by atoms with Crippen LogP contribution in [0.1, 0.15) is 47.1 Å². The average Bonchev–Trinajstić information content (AvgIpc) is 3.43. The van der Waals surface area contributed by atoms with Gasteiger partial charge in [-0.05, 0) is 50.6 Å². The Bertz CT molecular complexity index is 1230. The number of benzene rings is 1. The Kier molecular flexibility index (Phi) is 7.62. The number of rotatable bonds is 11. The lowest BCUT2D eigenvalue weighted by molar-refractivity contribution is 0.0938. The number of carbonyl (C=O) groups excluding carboxylic acids is 1. The number of hydrogen-bond donors (Lipinski definition) is 4. The predicted octanol–water partition coefficient (Wildman–Crippen LogP) is 5.25. The van der Waals surface area contributed by atoms with Gasteiger partial charge in [0.1, 0.15) is 5.82 Å². The molecule has 0 aliphatic rings. The molecule has 1 atom stereocenters. The van der Waals surface area contributed by atoms with Gasteiger partial charge in [-0.25, -0.2) is 4.98 Å². The van der Waals surface area contributed by atoms with Gasteiger partial charge in [-0.3, -0.25) is 4.79 Å². The Morgan fingerprint density at radius 1 is 1.18 bits per heavy atom. The summed E-state index contributed by atoms with van der Waals surface area (Å²) in [5, 5.41) is 12.1. The molecule has 1 unspecified atom stereocenters. The van der Waals surface area contributed by atoms with Crippen LogP contribution in [-0.4, -0.2) is 42.1 Å². The van der Waals surface area contributed by atoms with Gasteiger partial charge >= 0.3 is 0 Å². The lowest BCUT2D eigenvalue weighted by atomic mass is 10.0. The van der Waals surface area contributed by atoms with E-state index in [0.717, 1.165) is 70.8 Å². The first-order valence-electron chi connectivity index (χ1n) is 11.7. The molecule has 0 bridgehead atoms. The topological polar surface area (TPSA) is 81.8 Å². The number of likely N-dealkylation sites (N-methyl/N-ethyl adjacent to an activating group) is 1. The third kappa shape index (κ3) is 5.54. The number of thiophene rings is 1. The van der Waals surface area contributed by atoms with E-state index in [2.05, 4.69) is 57.2 Å². The van der Waals surface area contributed by atoms with E-state index in [1.54, 1.807) is 0 Å². The SMILES string of the molecule is CCCCC(Cc1c[nH]c2ccccc12)NC(=O)c1cc2c(C)nc(NCCNC)cc2s1. The number of nitrogens with zero attached hydrogens (tertiary/aromatic N) is 1. The molecule has 4 aromatic rings. The van der Waals surface area contributed by atoms with E-state index in [1.165, 1.54) is 22.3 Å². The monoisotopic (exact) mass is 463 g/mol. The molecule has 174 valence electrons. The summed E-state index contributed by atoms with van der Waals surface area (Å²) in [7, 11) is 1.93. The van der Waals surface area contributed by atoms with Crippen LogP contribution in [0.15, 0.2) is 42.6 Å². The van der Waals surface area contributed by atoms with Crippen LogP contribution in [0.4, 0.5) is 5.82 Å². The zero-order chi connectivity index (χ0) is 23.2. The zero-order valence-electron chi connectivity index (χ0n) is 19.6. The van der Waals surface area contributed by atoms with Gasteiger partial charge in [0.25, 0.3) is 5.91 Å². The van der Waals surface area contributed by atoms with Crippen LogP contribution in [0.3, 0.4) is 0 Å². The van der Waals surface area contributed by atoms with Crippen molar-refractivity contribution < 1.29 is 4.79 Å². The van der Waals surface area contributed by atoms with E-state index in [0.29, 0.717) is 0 Å². The lowest BCUT2D eigenvalue weighted by Gasteiger charge is -2.18. The molecule has 0 saturated heterocycles. The Balaban J connectivity index is 1.51. The third-order valence-electron chi connectivity index (χ3n) is 5.99. The van der Waals surface area contributed by atoms with Gasteiger partial charge in [-0.1, -0.05) is 38.0 Å². The number of amides is 1. The quantitative estimate of drug-likeness (QED) is 0.229. The first-order valence-corrected chi connectivity index (χ1v) is 12.6. The first kappa shape index (κ1) is 23.3. The smallest absolute Gasteiger partial charge is 0.261 e. The van der Waals surface area contributed by atoms with Crippen molar-refractivity contribution in [2.45, 2.75) is 45.6 Å². The summed E-state index contributed by atoms with van der Waals surface area (Å²) in [5.74, 6) is 0.852. The fourth-order valence-electron chi connectivity index (χ4n) is 4.21. The standard InChI is InChI=1S/C26H33N5OS/c1-4-5-8-19(13-18-16-29-22-10-7-6-9-20(18)22)31-26(32)24-14-21-17(2)30-25(15-23(21)33-24)28-12-11-27-3/h6-7,9-10,14-16,19,27,29H,4-5,8,11-13H2,1-3H3,(H,28,30)(H,31,32). The van der Waals surface area contributed by atoms with E-state index in [4.69, 9.17) is 0 Å². The molecule has 3 aromatic heterocycles. The van der Waals surface area contributed by atoms with Crippen molar-refractivity contribution in [1.82, 2.24) is 20.6 Å². The van der Waals surface area contributed by atoms with Gasteiger partial charge in [-0.2, -0.15) is 0 Å². The number of fused-ring (bicyclic) bond motifs is 2. The van der Waals surface area contributed by atoms with Gasteiger partial charge in [0.2, 0.25) is 0 Å². The first-order chi connectivity index (χ1) is 16.1. The summed E-state index contributed by atoms with van der Waals surface area (Å²) in [6, 6.07) is 12.5. The highest BCUT2D eigenvalue weighted by Gasteiger charge is 2.19. The minimum absolute atomic E-state index is 0.00114. The lowest BCUT2D eigenvalue weighted by Crippen LogP contribution is -2.36. The van der Waals surface area contributed by atoms with Crippen LogP contribution in [0, 0.1) is 6.92 Å². The van der Waals surface area contributed by atoms with Crippen LogP contribution < -0.4 is 16.0 Å². The second-order valence-corrected chi connectivity index (χ2v) is 9.61. The highest BCUT2D eigenvalue weighted by Crippen LogP contribution is 2.30. The van der Waals surface area contributed by atoms with Crippen LogP contribution in [0.2, 0.25) is 0 Å². The van der Waals surface area contributed by atoms with Gasteiger partial charge in [0.15, 0.2) is 0 Å². The van der Waals surface area contributed by atoms with Crippen LogP contribution >= 0.6 is 11.3 Å². The summed E-state index contributed by atoms with van der Waals surface area (Å²) < 4.78 is 1.08. The minimum Gasteiger partial charge on any atom is -0.369 e. The second kappa shape index (κ2) is 10.8. The minimum atomic E-state index is 0.00114. The Morgan fingerprint density at radius 2 is 2.03 bits per heavy atom. The molecule has 33 heavy (non-hydrogen) atoms. The Labute approximate surface area is 199 Å². The van der Waals surface area contributed by atoms with E-state index in [9.17, 15) is 4.79 Å². The molecule has 3 heterocycles. The van der Waals surface area contributed by atoms with E-state index in [-0.39, 0.29) is 11.9 Å². The molecule has 4 N–H and O–H groups in total. The Morgan fingerprint density at radius 3 is 2.85 bits per heavy atom. The summed E-state index contributed by atoms with van der Waals surface area (Å²) in [6.45, 7) is 5.86. The number of nitrogens with one attached hydrogen (secondary N) is 4. The maximum Gasteiger partial charge on any atom is 0.261 e. The molecule has 6 nitrogen and oxygen atoms in total. The summed E-state index contributed by atoms with van der Waals surface area (Å²) >= 11 is 1.54. The molecule has 0 radical (unpaired) electrons. The number of hydrogen-bond acceptors (Lipinski definition) is 5. The van der Waals surface area contributed by atoms with Gasteiger partial charge in [0.05, 0.1) is 4.88 Å². The molecular weight excluding hydrogens is 430 g/mol. The van der Waals surface area contributed by atoms with E-state index >= 15 is 0 Å². The van der Waals surface area contributed by atoms with Crippen LogP contribution in [0.5, 0.6) is 0 Å². The molecule has 1 aromatic carbocycles. The molecular formula is C26H33N5OS. The van der Waals surface area contributed by atoms with Crippen molar-refractivity contribution >= 4 is 44.1 Å². The number of aromatic nitrogens is 2. The third-order valence-corrected chi connectivity index (χ3v) is 7.07. The summed E-state index contributed by atoms with van der Waals surface area (Å²) in [4.78, 5) is 22.0. The molecule has 0 aliphatic heterocycles. The molecule has 7 heteroatoms. The second-order valence-electron chi connectivity index (χ2n) is 8.52. The number of H-pyrrole nitrogens is 1. The molecule has 1 amide bonds. The largest absolute Gasteiger partial charge is 0.369 e. The molecule has 0 aliphatic carbocycles. The van der Waals surface area contributed by atoms with Crippen molar-refractivity contribution in [3.05, 3.63) is 58.7 Å². The average molecular weight is 464 g/mol. The van der Waals surface area contributed by atoms with Crippen molar-refractivity contribution in [1.29, 1.82) is 0 Å². The van der Waals surface area contributed by atoms with E-state index < -0.39 is 0 Å². The number of pyridine rings is 1. The highest BCUT2D eigenvalue weighted by atomic mass is 32.1. The fraction of sp³-hybridized carbons (Fsp3) is 0.385. The fourth-order valence-corrected chi connectivity index (χ4v) is 5.26. The van der Waals surface area contributed by atoms with Gasteiger partial charge in [-0.15, -0.1) is 11.3 Å². The summed E-state index contributed by atoms with van der Waals surface area (Å²) in [5.41, 5.74) is 3.33. The number of anilines is 1. The molecule has 4 rings (SSSR count). The van der Waals surface area contributed by atoms with Crippen molar-refractivity contribution in [3.8, 4) is 0 Å². The molecule has 0 spiro atoms. The maximum atomic E-state index is 13.2. The number of carbonyl (C=O) groups is 1. The van der Waals surface area contributed by atoms with Crippen molar-refractivity contribution in [2.75, 3.05) is 25.5 Å². The zero-order valence-corrected chi connectivity index (χ0v) is 20.4. The Hall–Kier alpha value is -2.90. The normalized spacial score (nSPS) is 12.3. The maximum absolute atomic E-state index is 13.2. The van der Waals surface area contributed by atoms with E-state index in [1.807, 2.05) is 32.2 Å². The summed E-state index contributed by atoms with van der Waals surface area (Å²) in [6.07, 6.45) is 6.06. The van der Waals surface area contributed by atoms with Gasteiger partial charge in [0, 0.05) is 52.0 Å². The van der Waals surface area contributed by atoms with Gasteiger partial charge < -0.3 is 20.9 Å². The highest BCUT2D eigenvalue weighted by molar-refractivity contribution is 7.20. The van der Waals surface area contributed by atoms with Crippen LogP contribution in [-0.2, 0) is 6.42 Å². The molecule has 0 fully saturated rings. The number of para-hydroxylation sites is 1.